The van der Waals surface area contributed by atoms with Crippen LogP contribution in [0.3, 0.4) is 0 Å². The van der Waals surface area contributed by atoms with Crippen LogP contribution >= 0.6 is 0 Å². The highest BCUT2D eigenvalue weighted by Gasteiger charge is 2.28. The minimum Gasteiger partial charge on any atom is -0.507 e. The molecular weight excluding hydrogens is 372 g/mol. The van der Waals surface area contributed by atoms with E-state index in [2.05, 4.69) is 6.07 Å². The molecule has 0 saturated carbocycles. The summed E-state index contributed by atoms with van der Waals surface area (Å²) in [6, 6.07) is 13.5. The highest BCUT2D eigenvalue weighted by Crippen LogP contribution is 2.28. The molecule has 6 heteroatoms. The van der Waals surface area contributed by atoms with E-state index < -0.39 is 10.0 Å². The van der Waals surface area contributed by atoms with Crippen LogP contribution in [0.2, 0.25) is 0 Å². The molecule has 2 N–H and O–H groups in total. The fourth-order valence-corrected chi connectivity index (χ4v) is 5.31. The normalized spacial score (nSPS) is 18.6. The molecule has 1 aliphatic carbocycles. The SMILES string of the molecule is O=S(=O)(/C=C/c1ccccc1)N1CC[NH+](Cc2cc3c(cc2O)CCC3)CC1. The highest BCUT2D eigenvalue weighted by atomic mass is 32.2. The van der Waals surface area contributed by atoms with Crippen LogP contribution in [0.15, 0.2) is 47.9 Å². The van der Waals surface area contributed by atoms with E-state index in [-0.39, 0.29) is 0 Å². The first kappa shape index (κ1) is 19.2. The first-order chi connectivity index (χ1) is 13.5. The van der Waals surface area contributed by atoms with Crippen molar-refractivity contribution in [1.82, 2.24) is 4.31 Å². The Labute approximate surface area is 167 Å². The molecule has 0 bridgehead atoms. The van der Waals surface area contributed by atoms with Gasteiger partial charge in [0.05, 0.1) is 26.2 Å². The Hall–Kier alpha value is -2.15. The van der Waals surface area contributed by atoms with E-state index in [0.29, 0.717) is 18.8 Å². The van der Waals surface area contributed by atoms with Gasteiger partial charge in [0.25, 0.3) is 0 Å². The Bertz CT molecular complexity index is 963. The van der Waals surface area contributed by atoms with Crippen molar-refractivity contribution >= 4 is 16.1 Å². The third-order valence-corrected chi connectivity index (χ3v) is 7.32. The summed E-state index contributed by atoms with van der Waals surface area (Å²) in [7, 11) is -3.40. The molecule has 148 valence electrons. The summed E-state index contributed by atoms with van der Waals surface area (Å²) in [5.74, 6) is 0.383. The maximum atomic E-state index is 12.6. The smallest absolute Gasteiger partial charge is 0.236 e. The maximum Gasteiger partial charge on any atom is 0.236 e. The topological polar surface area (TPSA) is 62.0 Å². The van der Waals surface area contributed by atoms with Crippen molar-refractivity contribution in [3.05, 3.63) is 70.1 Å². The van der Waals surface area contributed by atoms with E-state index in [1.54, 1.807) is 10.4 Å². The van der Waals surface area contributed by atoms with Crippen molar-refractivity contribution < 1.29 is 18.4 Å². The Morgan fingerprint density at radius 2 is 1.71 bits per heavy atom. The largest absolute Gasteiger partial charge is 0.507 e. The Kier molecular flexibility index (Phi) is 5.53. The second-order valence-electron chi connectivity index (χ2n) is 7.69. The number of phenolic OH excluding ortho intramolecular Hbond substituents is 1. The van der Waals surface area contributed by atoms with Crippen molar-refractivity contribution in [2.24, 2.45) is 0 Å². The minimum atomic E-state index is -3.40. The van der Waals surface area contributed by atoms with Crippen molar-refractivity contribution in [2.45, 2.75) is 25.8 Å². The van der Waals surface area contributed by atoms with Gasteiger partial charge in [-0.05, 0) is 54.2 Å². The number of hydrogen-bond acceptors (Lipinski definition) is 3. The van der Waals surface area contributed by atoms with Crippen LogP contribution in [0.4, 0.5) is 0 Å². The standard InChI is InChI=1S/C22H26N2O3S/c25-22-16-20-8-4-7-19(20)15-21(22)17-23-10-12-24(13-11-23)28(26,27)14-9-18-5-2-1-3-6-18/h1-3,5-6,9,14-16,25H,4,7-8,10-13,17H2/p+1/b14-9+. The number of benzene rings is 2. The number of hydrogen-bond donors (Lipinski definition) is 2. The van der Waals surface area contributed by atoms with Crippen molar-refractivity contribution in [2.75, 3.05) is 26.2 Å². The van der Waals surface area contributed by atoms with Crippen LogP contribution in [0.25, 0.3) is 6.08 Å². The molecule has 2 aliphatic rings. The van der Waals surface area contributed by atoms with E-state index in [9.17, 15) is 13.5 Å². The van der Waals surface area contributed by atoms with Gasteiger partial charge in [-0.3, -0.25) is 0 Å². The monoisotopic (exact) mass is 399 g/mol. The van der Waals surface area contributed by atoms with Crippen LogP contribution in [0.1, 0.15) is 28.7 Å². The number of aromatic hydroxyl groups is 1. The van der Waals surface area contributed by atoms with Crippen molar-refractivity contribution in [1.29, 1.82) is 0 Å². The third-order valence-electron chi connectivity index (χ3n) is 5.75. The number of aryl methyl sites for hydroxylation is 2. The molecule has 0 radical (unpaired) electrons. The quantitative estimate of drug-likeness (QED) is 0.803. The molecule has 0 atom stereocenters. The number of sulfonamides is 1. The van der Waals surface area contributed by atoms with E-state index in [1.807, 2.05) is 36.4 Å². The van der Waals surface area contributed by atoms with Crippen LogP contribution in [0, 0.1) is 0 Å². The number of quaternary nitrogens is 1. The van der Waals surface area contributed by atoms with Gasteiger partial charge in [-0.1, -0.05) is 30.3 Å². The number of rotatable bonds is 5. The lowest BCUT2D eigenvalue weighted by Gasteiger charge is -2.31. The molecule has 1 saturated heterocycles. The van der Waals surface area contributed by atoms with Gasteiger partial charge in [-0.15, -0.1) is 0 Å². The first-order valence-electron chi connectivity index (χ1n) is 9.92. The van der Waals surface area contributed by atoms with Crippen molar-refractivity contribution in [3.63, 3.8) is 0 Å². The molecule has 5 nitrogen and oxygen atoms in total. The second kappa shape index (κ2) is 8.07. The fourth-order valence-electron chi connectivity index (χ4n) is 4.12. The van der Waals surface area contributed by atoms with Gasteiger partial charge in [0.1, 0.15) is 12.3 Å². The Morgan fingerprint density at radius 1 is 1.04 bits per heavy atom. The zero-order valence-electron chi connectivity index (χ0n) is 16.0. The molecule has 0 spiro atoms. The molecule has 0 amide bonds. The lowest BCUT2D eigenvalue weighted by atomic mass is 10.0. The van der Waals surface area contributed by atoms with E-state index >= 15 is 0 Å². The van der Waals surface area contributed by atoms with Gasteiger partial charge in [0, 0.05) is 11.0 Å². The highest BCUT2D eigenvalue weighted by molar-refractivity contribution is 7.92. The van der Waals surface area contributed by atoms with E-state index in [1.165, 1.54) is 21.4 Å². The summed E-state index contributed by atoms with van der Waals surface area (Å²) in [5, 5.41) is 11.6. The van der Waals surface area contributed by atoms with Gasteiger partial charge in [0.15, 0.2) is 0 Å². The molecule has 2 aromatic rings. The van der Waals surface area contributed by atoms with Crippen LogP contribution in [0.5, 0.6) is 5.75 Å². The van der Waals surface area contributed by atoms with E-state index in [4.69, 9.17) is 0 Å². The predicted molar refractivity (Wildman–Crippen MR) is 111 cm³/mol. The summed E-state index contributed by atoms with van der Waals surface area (Å²) >= 11 is 0. The number of nitrogens with one attached hydrogen (secondary N) is 1. The summed E-state index contributed by atoms with van der Waals surface area (Å²) in [4.78, 5) is 1.31. The van der Waals surface area contributed by atoms with E-state index in [0.717, 1.165) is 50.0 Å². The van der Waals surface area contributed by atoms with Gasteiger partial charge in [-0.25, -0.2) is 8.42 Å². The van der Waals surface area contributed by atoms with Crippen LogP contribution in [-0.2, 0) is 29.4 Å². The molecule has 4 rings (SSSR count). The van der Waals surface area contributed by atoms with Crippen LogP contribution < -0.4 is 4.90 Å². The average molecular weight is 400 g/mol. The zero-order valence-corrected chi connectivity index (χ0v) is 16.8. The third kappa shape index (κ3) is 4.29. The van der Waals surface area contributed by atoms with Crippen molar-refractivity contribution in [3.8, 4) is 5.75 Å². The van der Waals surface area contributed by atoms with Crippen LogP contribution in [-0.4, -0.2) is 44.0 Å². The lowest BCUT2D eigenvalue weighted by Crippen LogP contribution is -3.13. The van der Waals surface area contributed by atoms with Gasteiger partial charge < -0.3 is 10.0 Å². The molecule has 1 fully saturated rings. The average Bonchev–Trinajstić information content (AvgIpc) is 3.15. The maximum absolute atomic E-state index is 12.6. The molecule has 1 heterocycles. The number of nitrogens with zero attached hydrogens (tertiary/aromatic N) is 1. The number of fused-ring (bicyclic) bond motifs is 1. The Morgan fingerprint density at radius 3 is 2.43 bits per heavy atom. The second-order valence-corrected chi connectivity index (χ2v) is 9.51. The molecule has 1 aliphatic heterocycles. The molecule has 0 aromatic heterocycles. The van der Waals surface area contributed by atoms with Gasteiger partial charge in [0.2, 0.25) is 10.0 Å². The summed E-state index contributed by atoms with van der Waals surface area (Å²) in [6.07, 6.45) is 4.97. The van der Waals surface area contributed by atoms with Gasteiger partial charge >= 0.3 is 0 Å². The summed E-state index contributed by atoms with van der Waals surface area (Å²) in [5.41, 5.74) is 4.50. The Balaban J connectivity index is 1.36. The molecule has 0 unspecified atom stereocenters. The first-order valence-corrected chi connectivity index (χ1v) is 11.4. The minimum absolute atomic E-state index is 0.383. The van der Waals surface area contributed by atoms with Gasteiger partial charge in [-0.2, -0.15) is 4.31 Å². The lowest BCUT2D eigenvalue weighted by molar-refractivity contribution is -0.917. The number of phenols is 1. The molecular formula is C22H27N2O3S+. The summed E-state index contributed by atoms with van der Waals surface area (Å²) in [6.45, 7) is 3.24. The summed E-state index contributed by atoms with van der Waals surface area (Å²) < 4.78 is 26.7. The molecule has 2 aromatic carbocycles. The zero-order chi connectivity index (χ0) is 19.6. The molecule has 28 heavy (non-hydrogen) atoms. The fraction of sp³-hybridized carbons (Fsp3) is 0.364. The number of piperazine rings is 1. The predicted octanol–water partition coefficient (Wildman–Crippen LogP) is 1.58.